The number of phenolic OH excluding ortho intramolecular Hbond substituents is 1. The predicted octanol–water partition coefficient (Wildman–Crippen LogP) is 3.84. The minimum absolute atomic E-state index is 0.00515. The Morgan fingerprint density at radius 2 is 2.07 bits per heavy atom. The summed E-state index contributed by atoms with van der Waals surface area (Å²) < 4.78 is 11.8. The van der Waals surface area contributed by atoms with E-state index < -0.39 is 5.60 Å². The van der Waals surface area contributed by atoms with E-state index in [0.29, 0.717) is 29.7 Å². The number of Topliss-reactive ketones (excluding diaryl/α,β-unsaturated/α-hetero) is 1. The number of nitrogens with zero attached hydrogens (tertiary/aromatic N) is 1. The Kier molecular flexibility index (Phi) is 4.54. The third-order valence-electron chi connectivity index (χ3n) is 9.44. The highest BCUT2D eigenvalue weighted by Crippen LogP contribution is 2.73. The quantitative estimate of drug-likeness (QED) is 0.795. The van der Waals surface area contributed by atoms with Crippen LogP contribution in [0.4, 0.5) is 0 Å². The molecular weight excluding hydrogens is 378 g/mol. The molecule has 1 saturated heterocycles. The molecule has 4 bridgehead atoms. The summed E-state index contributed by atoms with van der Waals surface area (Å²) in [5, 5.41) is 11.3. The first-order valence-corrected chi connectivity index (χ1v) is 11.6. The number of hydrogen-bond donors (Lipinski definition) is 1. The van der Waals surface area contributed by atoms with E-state index >= 15 is 0 Å². The van der Waals surface area contributed by atoms with Crippen LogP contribution in [-0.2, 0) is 21.4 Å². The van der Waals surface area contributed by atoms with E-state index in [0.717, 1.165) is 57.1 Å². The minimum atomic E-state index is -0.418. The van der Waals surface area contributed by atoms with Gasteiger partial charge in [0.2, 0.25) is 0 Å². The maximum atomic E-state index is 13.3. The molecule has 0 unspecified atom stereocenters. The maximum absolute atomic E-state index is 13.3. The molecule has 5 nitrogen and oxygen atoms in total. The Hall–Kier alpha value is -1.59. The number of rotatable bonds is 5. The Morgan fingerprint density at radius 1 is 1.27 bits per heavy atom. The van der Waals surface area contributed by atoms with Gasteiger partial charge in [-0.1, -0.05) is 13.0 Å². The second-order valence-electron chi connectivity index (χ2n) is 10.3. The molecule has 1 spiro atoms. The third-order valence-corrected chi connectivity index (χ3v) is 9.44. The van der Waals surface area contributed by atoms with Gasteiger partial charge in [-0.25, -0.2) is 0 Å². The summed E-state index contributed by atoms with van der Waals surface area (Å²) in [5.74, 6) is 1.21. The van der Waals surface area contributed by atoms with Crippen LogP contribution in [0.1, 0.15) is 63.0 Å². The van der Waals surface area contributed by atoms with Crippen molar-refractivity contribution in [3.8, 4) is 11.5 Å². The summed E-state index contributed by atoms with van der Waals surface area (Å²) in [6.45, 7) is 3.10. The number of methoxy groups -OCH3 is 2. The first-order chi connectivity index (χ1) is 14.4. The fraction of sp³-hybridized carbons (Fsp3) is 0.720. The lowest BCUT2D eigenvalue weighted by atomic mass is 9.35. The fourth-order valence-electron chi connectivity index (χ4n) is 8.15. The number of carbonyl (C=O) groups is 1. The summed E-state index contributed by atoms with van der Waals surface area (Å²) in [7, 11) is 5.66. The van der Waals surface area contributed by atoms with Crippen LogP contribution in [0.3, 0.4) is 0 Å². The van der Waals surface area contributed by atoms with Crippen LogP contribution in [0.5, 0.6) is 11.5 Å². The van der Waals surface area contributed by atoms with Crippen molar-refractivity contribution in [1.82, 2.24) is 4.90 Å². The summed E-state index contributed by atoms with van der Waals surface area (Å²) in [4.78, 5) is 15.8. The smallest absolute Gasteiger partial charge is 0.161 e. The van der Waals surface area contributed by atoms with Gasteiger partial charge in [-0.3, -0.25) is 4.79 Å². The topological polar surface area (TPSA) is 59.0 Å². The second-order valence-corrected chi connectivity index (χ2v) is 10.3. The zero-order valence-electron chi connectivity index (χ0n) is 18.8. The molecule has 4 fully saturated rings. The lowest BCUT2D eigenvalue weighted by Crippen LogP contribution is -2.75. The number of likely N-dealkylation sites (N-methyl/N-ethyl adjacent to an activating group) is 1. The largest absolute Gasteiger partial charge is 0.504 e. The number of hydrogen-bond acceptors (Lipinski definition) is 5. The normalized spacial score (nSPS) is 39.3. The van der Waals surface area contributed by atoms with E-state index in [2.05, 4.69) is 24.9 Å². The second kappa shape index (κ2) is 6.70. The first kappa shape index (κ1) is 20.3. The van der Waals surface area contributed by atoms with Crippen molar-refractivity contribution in [3.05, 3.63) is 23.3 Å². The van der Waals surface area contributed by atoms with E-state index in [1.165, 1.54) is 5.56 Å². The summed E-state index contributed by atoms with van der Waals surface area (Å²) in [6, 6.07) is 4.45. The highest BCUT2D eigenvalue weighted by atomic mass is 16.5. The number of ether oxygens (including phenoxy) is 2. The number of benzene rings is 1. The number of piperidine rings is 1. The molecule has 1 aliphatic heterocycles. The highest BCUT2D eigenvalue weighted by Gasteiger charge is 2.73. The van der Waals surface area contributed by atoms with Crippen molar-refractivity contribution >= 4 is 5.78 Å². The van der Waals surface area contributed by atoms with Gasteiger partial charge in [0.1, 0.15) is 5.78 Å². The van der Waals surface area contributed by atoms with E-state index in [-0.39, 0.29) is 16.7 Å². The maximum Gasteiger partial charge on any atom is 0.161 e. The van der Waals surface area contributed by atoms with Crippen LogP contribution in [0.2, 0.25) is 0 Å². The SMILES string of the molecule is CCCC(=O)[C@H]1C[C@@]23CC[C@@]1(OC)C[C@@]21CCN(C)[C@@H]3Cc2ccc(OC)c(O)c21. The Bertz CT molecular complexity index is 884. The number of fused-ring (bicyclic) bond motifs is 3. The van der Waals surface area contributed by atoms with Crippen LogP contribution >= 0.6 is 0 Å². The predicted molar refractivity (Wildman–Crippen MR) is 115 cm³/mol. The average Bonchev–Trinajstić information content (AvgIpc) is 2.75. The van der Waals surface area contributed by atoms with Gasteiger partial charge in [-0.2, -0.15) is 0 Å². The molecule has 4 aliphatic carbocycles. The molecule has 1 heterocycles. The van der Waals surface area contributed by atoms with Crippen LogP contribution in [-0.4, -0.2) is 55.2 Å². The molecule has 5 aliphatic rings. The molecule has 6 rings (SSSR count). The standard InChI is InChI=1S/C25H35NO4/c1-5-6-18(27)17-14-23-9-10-25(17,30-4)15-24(23)11-12-26(2)20(23)13-16-7-8-19(29-3)22(28)21(16)24/h7-8,17,20,28H,5-6,9-15H2,1-4H3/t17-,20-,23-,24-,25-/m1/s1. The van der Waals surface area contributed by atoms with E-state index in [9.17, 15) is 9.90 Å². The summed E-state index contributed by atoms with van der Waals surface area (Å²) in [5.41, 5.74) is 1.76. The van der Waals surface area contributed by atoms with Gasteiger partial charge in [0.15, 0.2) is 11.5 Å². The minimum Gasteiger partial charge on any atom is -0.504 e. The van der Waals surface area contributed by atoms with Gasteiger partial charge in [0, 0.05) is 36.5 Å². The highest BCUT2D eigenvalue weighted by molar-refractivity contribution is 5.83. The number of carbonyl (C=O) groups excluding carboxylic acids is 1. The van der Waals surface area contributed by atoms with Crippen LogP contribution in [0.25, 0.3) is 0 Å². The Balaban J connectivity index is 1.73. The molecule has 164 valence electrons. The van der Waals surface area contributed by atoms with Crippen LogP contribution in [0.15, 0.2) is 12.1 Å². The van der Waals surface area contributed by atoms with Crippen LogP contribution < -0.4 is 4.74 Å². The number of likely N-dealkylation sites (tertiary alicyclic amines) is 1. The van der Waals surface area contributed by atoms with Crippen molar-refractivity contribution in [3.63, 3.8) is 0 Å². The molecular formula is C25H35NO4. The Labute approximate surface area is 179 Å². The molecule has 0 radical (unpaired) electrons. The van der Waals surface area contributed by atoms with Crippen molar-refractivity contribution < 1.29 is 19.4 Å². The van der Waals surface area contributed by atoms with E-state index in [4.69, 9.17) is 9.47 Å². The molecule has 30 heavy (non-hydrogen) atoms. The van der Waals surface area contributed by atoms with E-state index in [1.54, 1.807) is 14.2 Å². The number of ketones is 1. The van der Waals surface area contributed by atoms with E-state index in [1.807, 2.05) is 6.07 Å². The molecule has 5 heteroatoms. The lowest BCUT2D eigenvalue weighted by Gasteiger charge is -2.73. The van der Waals surface area contributed by atoms with Gasteiger partial charge in [-0.05, 0) is 75.6 Å². The first-order valence-electron chi connectivity index (χ1n) is 11.6. The summed E-state index contributed by atoms with van der Waals surface area (Å²) >= 11 is 0. The van der Waals surface area contributed by atoms with Crippen molar-refractivity contribution in [1.29, 1.82) is 0 Å². The molecule has 3 saturated carbocycles. The van der Waals surface area contributed by atoms with Gasteiger partial charge in [0.05, 0.1) is 12.7 Å². The monoisotopic (exact) mass is 413 g/mol. The zero-order chi connectivity index (χ0) is 21.3. The van der Waals surface area contributed by atoms with Gasteiger partial charge in [-0.15, -0.1) is 0 Å². The van der Waals surface area contributed by atoms with Crippen LogP contribution in [0, 0.1) is 11.3 Å². The Morgan fingerprint density at radius 3 is 2.77 bits per heavy atom. The van der Waals surface area contributed by atoms with Gasteiger partial charge in [0.25, 0.3) is 0 Å². The molecule has 1 aromatic carbocycles. The average molecular weight is 414 g/mol. The van der Waals surface area contributed by atoms with Gasteiger partial charge < -0.3 is 19.5 Å². The third kappa shape index (κ3) is 2.28. The molecule has 0 aromatic heterocycles. The molecule has 1 aromatic rings. The number of aromatic hydroxyl groups is 1. The zero-order valence-corrected chi connectivity index (χ0v) is 18.8. The van der Waals surface area contributed by atoms with Gasteiger partial charge >= 0.3 is 0 Å². The lowest BCUT2D eigenvalue weighted by molar-refractivity contribution is -0.232. The summed E-state index contributed by atoms with van der Waals surface area (Å²) in [6.07, 6.45) is 7.15. The van der Waals surface area contributed by atoms with Crippen molar-refractivity contribution in [2.75, 3.05) is 27.8 Å². The van der Waals surface area contributed by atoms with Crippen molar-refractivity contribution in [2.45, 2.75) is 75.3 Å². The molecule has 0 amide bonds. The van der Waals surface area contributed by atoms with Crippen molar-refractivity contribution in [2.24, 2.45) is 11.3 Å². The molecule has 1 N–H and O–H groups in total. The molecule has 5 atom stereocenters. The number of phenols is 1. The fourth-order valence-corrected chi connectivity index (χ4v) is 8.15.